The quantitative estimate of drug-likeness (QED) is 0.894. The van der Waals surface area contributed by atoms with E-state index in [0.717, 1.165) is 11.1 Å². The van der Waals surface area contributed by atoms with Gasteiger partial charge in [-0.25, -0.2) is 0 Å². The van der Waals surface area contributed by atoms with Crippen LogP contribution in [-0.2, 0) is 0 Å². The number of nitrogens with two attached hydrogens (primary N) is 1. The van der Waals surface area contributed by atoms with E-state index in [0.29, 0.717) is 22.2 Å². The number of aliphatic hydroxyl groups is 1. The van der Waals surface area contributed by atoms with Gasteiger partial charge in [-0.15, -0.1) is 0 Å². The van der Waals surface area contributed by atoms with Gasteiger partial charge < -0.3 is 10.8 Å². The Morgan fingerprint density at radius 1 is 1.10 bits per heavy atom. The van der Waals surface area contributed by atoms with Crippen LogP contribution in [-0.4, -0.2) is 11.7 Å². The van der Waals surface area contributed by atoms with Crippen molar-refractivity contribution >= 4 is 23.2 Å². The molecule has 20 heavy (non-hydrogen) atoms. The topological polar surface area (TPSA) is 46.2 Å². The Kier molecular flexibility index (Phi) is 5.06. The molecule has 0 radical (unpaired) electrons. The molecule has 0 bridgehead atoms. The fraction of sp³-hybridized carbons (Fsp3) is 0.250. The molecule has 0 aliphatic heterocycles. The second-order valence-electron chi connectivity index (χ2n) is 4.86. The lowest BCUT2D eigenvalue weighted by Gasteiger charge is -2.23. The van der Waals surface area contributed by atoms with Crippen molar-refractivity contribution in [3.05, 3.63) is 69.2 Å². The van der Waals surface area contributed by atoms with Gasteiger partial charge in [0.15, 0.2) is 0 Å². The van der Waals surface area contributed by atoms with Gasteiger partial charge in [-0.2, -0.15) is 0 Å². The molecule has 0 heterocycles. The molecule has 0 saturated heterocycles. The van der Waals surface area contributed by atoms with Crippen LogP contribution in [0.25, 0.3) is 0 Å². The van der Waals surface area contributed by atoms with Crippen molar-refractivity contribution in [1.82, 2.24) is 0 Å². The van der Waals surface area contributed by atoms with E-state index in [2.05, 4.69) is 0 Å². The van der Waals surface area contributed by atoms with Crippen LogP contribution in [0.1, 0.15) is 28.7 Å². The van der Waals surface area contributed by atoms with Crippen molar-refractivity contribution in [3.63, 3.8) is 0 Å². The Hall–Kier alpha value is -1.06. The Morgan fingerprint density at radius 2 is 1.75 bits per heavy atom. The zero-order valence-electron chi connectivity index (χ0n) is 11.2. The molecule has 0 aliphatic carbocycles. The zero-order valence-corrected chi connectivity index (χ0v) is 12.7. The van der Waals surface area contributed by atoms with Crippen LogP contribution < -0.4 is 5.73 Å². The van der Waals surface area contributed by atoms with Crippen molar-refractivity contribution in [1.29, 1.82) is 0 Å². The van der Waals surface area contributed by atoms with E-state index < -0.39 is 6.10 Å². The number of rotatable bonds is 4. The summed E-state index contributed by atoms with van der Waals surface area (Å²) in [6.07, 6.45) is -0.741. The third-order valence-electron chi connectivity index (χ3n) is 3.41. The minimum Gasteiger partial charge on any atom is -0.388 e. The molecule has 2 nitrogen and oxygen atoms in total. The van der Waals surface area contributed by atoms with Crippen molar-refractivity contribution in [2.75, 3.05) is 6.54 Å². The standard InChI is InChI=1S/C16H17Cl2NO/c1-10-2-7-13(15(18)8-10)16(20)14(9-19)11-3-5-12(17)6-4-11/h2-8,14,16,20H,9,19H2,1H3. The second-order valence-corrected chi connectivity index (χ2v) is 5.71. The van der Waals surface area contributed by atoms with E-state index in [1.807, 2.05) is 37.3 Å². The smallest absolute Gasteiger partial charge is 0.0885 e. The molecule has 4 heteroatoms. The fourth-order valence-electron chi connectivity index (χ4n) is 2.25. The van der Waals surface area contributed by atoms with E-state index in [9.17, 15) is 5.11 Å². The van der Waals surface area contributed by atoms with Crippen LogP contribution in [0, 0.1) is 6.92 Å². The first kappa shape index (κ1) is 15.3. The Morgan fingerprint density at radius 3 is 2.30 bits per heavy atom. The molecule has 2 unspecified atom stereocenters. The molecule has 0 aliphatic rings. The lowest BCUT2D eigenvalue weighted by molar-refractivity contribution is 0.147. The van der Waals surface area contributed by atoms with Gasteiger partial charge in [-0.3, -0.25) is 0 Å². The van der Waals surface area contributed by atoms with Crippen molar-refractivity contribution < 1.29 is 5.11 Å². The van der Waals surface area contributed by atoms with Crippen molar-refractivity contribution in [2.24, 2.45) is 5.73 Å². The monoisotopic (exact) mass is 309 g/mol. The van der Waals surface area contributed by atoms with Crippen LogP contribution in [0.2, 0.25) is 10.0 Å². The van der Waals surface area contributed by atoms with E-state index in [-0.39, 0.29) is 5.92 Å². The third-order valence-corrected chi connectivity index (χ3v) is 3.99. The minimum atomic E-state index is -0.741. The summed E-state index contributed by atoms with van der Waals surface area (Å²) in [6.45, 7) is 2.29. The minimum absolute atomic E-state index is 0.215. The van der Waals surface area contributed by atoms with Gasteiger partial charge in [-0.05, 0) is 41.8 Å². The molecule has 0 aromatic heterocycles. The van der Waals surface area contributed by atoms with E-state index in [1.54, 1.807) is 12.1 Å². The van der Waals surface area contributed by atoms with E-state index in [4.69, 9.17) is 28.9 Å². The van der Waals surface area contributed by atoms with Gasteiger partial charge >= 0.3 is 0 Å². The average Bonchev–Trinajstić information content (AvgIpc) is 2.41. The first-order chi connectivity index (χ1) is 9.52. The molecule has 2 aromatic carbocycles. The number of aliphatic hydroxyl groups excluding tert-OH is 1. The van der Waals surface area contributed by atoms with Crippen LogP contribution in [0.4, 0.5) is 0 Å². The Bertz CT molecular complexity index is 584. The first-order valence-corrected chi connectivity index (χ1v) is 7.18. The van der Waals surface area contributed by atoms with Crippen LogP contribution in [0.3, 0.4) is 0 Å². The van der Waals surface area contributed by atoms with Crippen LogP contribution in [0.15, 0.2) is 42.5 Å². The highest BCUT2D eigenvalue weighted by atomic mass is 35.5. The summed E-state index contributed by atoms with van der Waals surface area (Å²) in [5, 5.41) is 11.8. The van der Waals surface area contributed by atoms with Crippen molar-refractivity contribution in [3.8, 4) is 0 Å². The summed E-state index contributed by atoms with van der Waals surface area (Å²) in [5.74, 6) is -0.215. The molecule has 0 saturated carbocycles. The number of benzene rings is 2. The van der Waals surface area contributed by atoms with E-state index in [1.165, 1.54) is 0 Å². The molecule has 2 aromatic rings. The second kappa shape index (κ2) is 6.59. The predicted molar refractivity (Wildman–Crippen MR) is 84.4 cm³/mol. The summed E-state index contributed by atoms with van der Waals surface area (Å²) in [6, 6.07) is 13.0. The van der Waals surface area contributed by atoms with Gasteiger partial charge in [-0.1, -0.05) is 47.5 Å². The summed E-state index contributed by atoms with van der Waals surface area (Å²) in [7, 11) is 0. The normalized spacial score (nSPS) is 14.1. The lowest BCUT2D eigenvalue weighted by atomic mass is 9.89. The van der Waals surface area contributed by atoms with Crippen LogP contribution in [0.5, 0.6) is 0 Å². The fourth-order valence-corrected chi connectivity index (χ4v) is 2.72. The molecular weight excluding hydrogens is 293 g/mol. The number of aryl methyl sites for hydroxylation is 1. The maximum absolute atomic E-state index is 10.6. The molecule has 0 spiro atoms. The summed E-state index contributed by atoms with van der Waals surface area (Å²) in [4.78, 5) is 0. The molecule has 0 fully saturated rings. The van der Waals surface area contributed by atoms with Gasteiger partial charge in [0.25, 0.3) is 0 Å². The molecule has 2 rings (SSSR count). The SMILES string of the molecule is Cc1ccc(C(O)C(CN)c2ccc(Cl)cc2)c(Cl)c1. The summed E-state index contributed by atoms with van der Waals surface area (Å²) < 4.78 is 0. The first-order valence-electron chi connectivity index (χ1n) is 6.42. The average molecular weight is 310 g/mol. The van der Waals surface area contributed by atoms with Crippen molar-refractivity contribution in [2.45, 2.75) is 18.9 Å². The molecule has 106 valence electrons. The van der Waals surface area contributed by atoms with Gasteiger partial charge in [0, 0.05) is 22.5 Å². The predicted octanol–water partition coefficient (Wildman–Crippen LogP) is 4.08. The van der Waals surface area contributed by atoms with Gasteiger partial charge in [0.1, 0.15) is 0 Å². The van der Waals surface area contributed by atoms with Gasteiger partial charge in [0.05, 0.1) is 6.10 Å². The number of hydrogen-bond acceptors (Lipinski definition) is 2. The van der Waals surface area contributed by atoms with Crippen LogP contribution >= 0.6 is 23.2 Å². The van der Waals surface area contributed by atoms with E-state index >= 15 is 0 Å². The molecular formula is C16H17Cl2NO. The Labute approximate surface area is 129 Å². The molecule has 2 atom stereocenters. The molecule has 3 N–H and O–H groups in total. The maximum atomic E-state index is 10.6. The third kappa shape index (κ3) is 3.33. The Balaban J connectivity index is 2.33. The summed E-state index contributed by atoms with van der Waals surface area (Å²) >= 11 is 12.1. The highest BCUT2D eigenvalue weighted by Gasteiger charge is 2.23. The summed E-state index contributed by atoms with van der Waals surface area (Å²) in [5.41, 5.74) is 8.52. The molecule has 0 amide bonds. The van der Waals surface area contributed by atoms with Gasteiger partial charge in [0.2, 0.25) is 0 Å². The largest absolute Gasteiger partial charge is 0.388 e. The lowest BCUT2D eigenvalue weighted by Crippen LogP contribution is -2.20. The number of hydrogen-bond donors (Lipinski definition) is 2. The highest BCUT2D eigenvalue weighted by molar-refractivity contribution is 6.31. The zero-order chi connectivity index (χ0) is 14.7. The number of halogens is 2. The highest BCUT2D eigenvalue weighted by Crippen LogP contribution is 2.34. The maximum Gasteiger partial charge on any atom is 0.0885 e.